The molecule has 7 nitrogen and oxygen atoms in total. The second kappa shape index (κ2) is 8.29. The van der Waals surface area contributed by atoms with Crippen molar-refractivity contribution in [3.63, 3.8) is 0 Å². The molecule has 2 N–H and O–H groups in total. The molecule has 0 unspecified atom stereocenters. The zero-order valence-electron chi connectivity index (χ0n) is 15.0. The lowest BCUT2D eigenvalue weighted by atomic mass is 9.90. The molecule has 0 heterocycles. The van der Waals surface area contributed by atoms with Crippen LogP contribution in [0.3, 0.4) is 0 Å². The van der Waals surface area contributed by atoms with Crippen molar-refractivity contribution in [2.75, 3.05) is 5.32 Å². The van der Waals surface area contributed by atoms with Crippen molar-refractivity contribution < 1.29 is 19.1 Å². The molecule has 1 aromatic rings. The Kier molecular flexibility index (Phi) is 6.68. The molecule has 0 aromatic heterocycles. The predicted molar refractivity (Wildman–Crippen MR) is 92.6 cm³/mol. The fourth-order valence-corrected chi connectivity index (χ4v) is 1.83. The van der Waals surface area contributed by atoms with Crippen LogP contribution in [0.5, 0.6) is 0 Å². The first-order valence-electron chi connectivity index (χ1n) is 7.91. The Morgan fingerprint density at radius 1 is 1.16 bits per heavy atom. The highest BCUT2D eigenvalue weighted by atomic mass is 16.5. The molecule has 7 heteroatoms. The van der Waals surface area contributed by atoms with Crippen LogP contribution in [-0.2, 0) is 14.3 Å². The SMILES string of the molecule is CC(=O)Nc1ccc(C(=O)O[C@@H](C)C(=O)N[C@](C)(C#N)C(C)C)cc1. The van der Waals surface area contributed by atoms with Crippen molar-refractivity contribution in [1.82, 2.24) is 5.32 Å². The number of carbonyl (C=O) groups excluding carboxylic acids is 3. The van der Waals surface area contributed by atoms with Gasteiger partial charge in [0.15, 0.2) is 6.10 Å². The minimum absolute atomic E-state index is 0.106. The molecule has 0 radical (unpaired) electrons. The van der Waals surface area contributed by atoms with Crippen molar-refractivity contribution in [3.05, 3.63) is 29.8 Å². The van der Waals surface area contributed by atoms with E-state index in [1.54, 1.807) is 19.1 Å². The number of anilines is 1. The predicted octanol–water partition coefficient (Wildman–Crippen LogP) is 2.24. The summed E-state index contributed by atoms with van der Waals surface area (Å²) in [6, 6.07) is 8.17. The third kappa shape index (κ3) is 5.60. The number of nitrogens with zero attached hydrogens (tertiary/aromatic N) is 1. The highest BCUT2D eigenvalue weighted by Gasteiger charge is 2.32. The molecule has 0 bridgehead atoms. The monoisotopic (exact) mass is 345 g/mol. The lowest BCUT2D eigenvalue weighted by Gasteiger charge is -2.28. The second-order valence-corrected chi connectivity index (χ2v) is 6.26. The smallest absolute Gasteiger partial charge is 0.338 e. The highest BCUT2D eigenvalue weighted by Crippen LogP contribution is 2.16. The van der Waals surface area contributed by atoms with Gasteiger partial charge in [-0.25, -0.2) is 4.79 Å². The van der Waals surface area contributed by atoms with Gasteiger partial charge in [-0.2, -0.15) is 5.26 Å². The molecule has 2 atom stereocenters. The van der Waals surface area contributed by atoms with Gasteiger partial charge in [0.2, 0.25) is 5.91 Å². The number of esters is 1. The molecule has 2 amide bonds. The molecule has 0 aliphatic carbocycles. The van der Waals surface area contributed by atoms with Crippen LogP contribution in [0.25, 0.3) is 0 Å². The number of nitrogens with one attached hydrogen (secondary N) is 2. The quantitative estimate of drug-likeness (QED) is 0.769. The number of hydrogen-bond acceptors (Lipinski definition) is 5. The molecule has 0 aliphatic heterocycles. The second-order valence-electron chi connectivity index (χ2n) is 6.26. The van der Waals surface area contributed by atoms with Crippen molar-refractivity contribution in [2.24, 2.45) is 5.92 Å². The van der Waals surface area contributed by atoms with Crippen molar-refractivity contribution in [1.29, 1.82) is 5.26 Å². The zero-order valence-corrected chi connectivity index (χ0v) is 15.0. The lowest BCUT2D eigenvalue weighted by Crippen LogP contribution is -2.52. The van der Waals surface area contributed by atoms with E-state index in [2.05, 4.69) is 16.7 Å². The Bertz CT molecular complexity index is 691. The summed E-state index contributed by atoms with van der Waals surface area (Å²) < 4.78 is 5.14. The number of carbonyl (C=O) groups is 3. The van der Waals surface area contributed by atoms with E-state index in [0.717, 1.165) is 0 Å². The minimum atomic E-state index is -1.05. The van der Waals surface area contributed by atoms with Crippen molar-refractivity contribution in [3.8, 4) is 6.07 Å². The van der Waals surface area contributed by atoms with Gasteiger partial charge in [0.1, 0.15) is 5.54 Å². The number of amides is 2. The van der Waals surface area contributed by atoms with Gasteiger partial charge in [0, 0.05) is 12.6 Å². The fraction of sp³-hybridized carbons (Fsp3) is 0.444. The van der Waals surface area contributed by atoms with Crippen LogP contribution in [0.1, 0.15) is 45.0 Å². The zero-order chi connectivity index (χ0) is 19.2. The molecule has 1 rings (SSSR count). The van der Waals surface area contributed by atoms with E-state index in [4.69, 9.17) is 4.74 Å². The molecular formula is C18H23N3O4. The molecule has 0 saturated heterocycles. The Hall–Kier alpha value is -2.88. The van der Waals surface area contributed by atoms with Crippen molar-refractivity contribution in [2.45, 2.75) is 46.3 Å². The van der Waals surface area contributed by atoms with Crippen LogP contribution in [0.2, 0.25) is 0 Å². The summed E-state index contributed by atoms with van der Waals surface area (Å²) in [5, 5.41) is 14.4. The average molecular weight is 345 g/mol. The van der Waals surface area contributed by atoms with E-state index in [1.807, 2.05) is 13.8 Å². The fourth-order valence-electron chi connectivity index (χ4n) is 1.83. The third-order valence-corrected chi connectivity index (χ3v) is 3.86. The van der Waals surface area contributed by atoms with Crippen LogP contribution in [0.4, 0.5) is 5.69 Å². The normalized spacial score (nSPS) is 14.0. The number of benzene rings is 1. The van der Waals surface area contributed by atoms with Gasteiger partial charge in [0.25, 0.3) is 5.91 Å². The Morgan fingerprint density at radius 3 is 2.16 bits per heavy atom. The third-order valence-electron chi connectivity index (χ3n) is 3.86. The largest absolute Gasteiger partial charge is 0.449 e. The Morgan fingerprint density at radius 2 is 1.72 bits per heavy atom. The van der Waals surface area contributed by atoms with Gasteiger partial charge in [-0.05, 0) is 44.0 Å². The summed E-state index contributed by atoms with van der Waals surface area (Å²) in [6.07, 6.45) is -1.05. The van der Waals surface area contributed by atoms with Gasteiger partial charge in [-0.15, -0.1) is 0 Å². The molecular weight excluding hydrogens is 322 g/mol. The highest BCUT2D eigenvalue weighted by molar-refractivity contribution is 5.94. The van der Waals surface area contributed by atoms with Gasteiger partial charge in [-0.3, -0.25) is 9.59 Å². The first-order valence-corrected chi connectivity index (χ1v) is 7.91. The van der Waals surface area contributed by atoms with Gasteiger partial charge in [0.05, 0.1) is 11.6 Å². The number of hydrogen-bond donors (Lipinski definition) is 2. The molecule has 0 spiro atoms. The van der Waals surface area contributed by atoms with Crippen LogP contribution in [0, 0.1) is 17.2 Å². The van der Waals surface area contributed by atoms with E-state index in [-0.39, 0.29) is 17.4 Å². The maximum atomic E-state index is 12.2. The minimum Gasteiger partial charge on any atom is -0.449 e. The van der Waals surface area contributed by atoms with Crippen LogP contribution >= 0.6 is 0 Å². The van der Waals surface area contributed by atoms with Crippen LogP contribution in [0.15, 0.2) is 24.3 Å². The maximum absolute atomic E-state index is 12.2. The Balaban J connectivity index is 2.71. The van der Waals surface area contributed by atoms with E-state index >= 15 is 0 Å². The first kappa shape index (κ1) is 20.2. The topological polar surface area (TPSA) is 108 Å². The first-order chi connectivity index (χ1) is 11.6. The summed E-state index contributed by atoms with van der Waals surface area (Å²) in [4.78, 5) is 35.3. The molecule has 0 saturated carbocycles. The summed E-state index contributed by atoms with van der Waals surface area (Å²) in [5.74, 6) is -1.53. The van der Waals surface area contributed by atoms with E-state index in [9.17, 15) is 19.6 Å². The van der Waals surface area contributed by atoms with Gasteiger partial charge >= 0.3 is 5.97 Å². The standard InChI is InChI=1S/C18H23N3O4/c1-11(2)18(5,10-19)21-16(23)12(3)25-17(24)14-6-8-15(9-7-14)20-13(4)22/h6-9,11-12H,1-5H3,(H,20,22)(H,21,23)/t12-,18+/m0/s1. The Labute approximate surface area is 147 Å². The summed E-state index contributed by atoms with van der Waals surface area (Å²) in [5.41, 5.74) is -0.241. The van der Waals surface area contributed by atoms with E-state index in [0.29, 0.717) is 5.69 Å². The lowest BCUT2D eigenvalue weighted by molar-refractivity contribution is -0.130. The van der Waals surface area contributed by atoms with Gasteiger partial charge in [-0.1, -0.05) is 13.8 Å². The average Bonchev–Trinajstić information content (AvgIpc) is 2.54. The van der Waals surface area contributed by atoms with E-state index < -0.39 is 23.5 Å². The van der Waals surface area contributed by atoms with Crippen molar-refractivity contribution >= 4 is 23.5 Å². The molecule has 134 valence electrons. The van der Waals surface area contributed by atoms with Crippen LogP contribution in [-0.4, -0.2) is 29.4 Å². The number of rotatable bonds is 6. The molecule has 0 aliphatic rings. The molecule has 1 aromatic carbocycles. The number of ether oxygens (including phenoxy) is 1. The molecule has 0 fully saturated rings. The van der Waals surface area contributed by atoms with Crippen LogP contribution < -0.4 is 10.6 Å². The van der Waals surface area contributed by atoms with E-state index in [1.165, 1.54) is 26.0 Å². The summed E-state index contributed by atoms with van der Waals surface area (Å²) in [7, 11) is 0. The van der Waals surface area contributed by atoms with Gasteiger partial charge < -0.3 is 15.4 Å². The number of nitriles is 1. The summed E-state index contributed by atoms with van der Waals surface area (Å²) in [6.45, 7) is 8.07. The maximum Gasteiger partial charge on any atom is 0.338 e. The molecule has 25 heavy (non-hydrogen) atoms. The summed E-state index contributed by atoms with van der Waals surface area (Å²) >= 11 is 0.